The molecule has 1 N–H and O–H groups in total. The van der Waals surface area contributed by atoms with E-state index >= 15 is 0 Å². The highest BCUT2D eigenvalue weighted by atomic mass is 16.5. The van der Waals surface area contributed by atoms with Crippen LogP contribution in [0.4, 0.5) is 0 Å². The van der Waals surface area contributed by atoms with Crippen LogP contribution in [0, 0.1) is 0 Å². The predicted molar refractivity (Wildman–Crippen MR) is 50.4 cm³/mol. The van der Waals surface area contributed by atoms with Gasteiger partial charge in [0.1, 0.15) is 5.69 Å². The average Bonchev–Trinajstić information content (AvgIpc) is 2.86. The minimum absolute atomic E-state index is 0.115. The summed E-state index contributed by atoms with van der Waals surface area (Å²) in [7, 11) is 0. The summed E-state index contributed by atoms with van der Waals surface area (Å²) in [6.07, 6.45) is 1.79. The quantitative estimate of drug-likeness (QED) is 0.819. The Labute approximate surface area is 85.1 Å². The summed E-state index contributed by atoms with van der Waals surface area (Å²) in [5.74, 6) is -0.750. The Morgan fingerprint density at radius 3 is 3.00 bits per heavy atom. The number of carboxylic acids is 1. The van der Waals surface area contributed by atoms with Crippen LogP contribution in [-0.2, 0) is 6.54 Å². The molecule has 0 aliphatic heterocycles. The Balaban J connectivity index is 2.32. The Morgan fingerprint density at radius 1 is 1.67 bits per heavy atom. The molecule has 0 fully saturated rings. The van der Waals surface area contributed by atoms with Crippen LogP contribution in [0.2, 0.25) is 0 Å². The molecule has 0 spiro atoms. The van der Waals surface area contributed by atoms with Gasteiger partial charge < -0.3 is 9.63 Å². The van der Waals surface area contributed by atoms with Gasteiger partial charge in [0.25, 0.3) is 0 Å². The number of carboxylic acid groups (broad SMARTS) is 1. The molecule has 0 unspecified atom stereocenters. The molecule has 2 aromatic heterocycles. The van der Waals surface area contributed by atoms with E-state index in [1.807, 2.05) is 6.92 Å². The molecule has 0 radical (unpaired) electrons. The molecule has 0 atom stereocenters. The number of rotatable bonds is 3. The summed E-state index contributed by atoms with van der Waals surface area (Å²) in [5.41, 5.74) is 0.466. The SMILES string of the molecule is CCn1ccc(-c2cc(C(=O)O)no2)n1. The Bertz CT molecular complexity index is 486. The molecule has 6 heteroatoms. The summed E-state index contributed by atoms with van der Waals surface area (Å²) < 4.78 is 6.58. The molecule has 15 heavy (non-hydrogen) atoms. The van der Waals surface area contributed by atoms with Gasteiger partial charge in [-0.25, -0.2) is 4.79 Å². The van der Waals surface area contributed by atoms with E-state index in [4.69, 9.17) is 9.63 Å². The molecule has 0 aromatic carbocycles. The van der Waals surface area contributed by atoms with E-state index in [1.54, 1.807) is 16.9 Å². The third-order valence-electron chi connectivity index (χ3n) is 1.95. The molecular weight excluding hydrogens is 198 g/mol. The zero-order valence-corrected chi connectivity index (χ0v) is 8.04. The van der Waals surface area contributed by atoms with Crippen LogP contribution in [0.3, 0.4) is 0 Å². The summed E-state index contributed by atoms with van der Waals surface area (Å²) in [4.78, 5) is 10.6. The van der Waals surface area contributed by atoms with Gasteiger partial charge in [0.05, 0.1) is 0 Å². The van der Waals surface area contributed by atoms with Crippen LogP contribution in [0.15, 0.2) is 22.9 Å². The molecule has 2 heterocycles. The van der Waals surface area contributed by atoms with Crippen molar-refractivity contribution in [1.29, 1.82) is 0 Å². The van der Waals surface area contributed by atoms with Gasteiger partial charge in [-0.3, -0.25) is 4.68 Å². The van der Waals surface area contributed by atoms with Crippen molar-refractivity contribution in [2.24, 2.45) is 0 Å². The van der Waals surface area contributed by atoms with Crippen molar-refractivity contribution in [2.75, 3.05) is 0 Å². The Hall–Kier alpha value is -2.11. The van der Waals surface area contributed by atoms with E-state index in [0.29, 0.717) is 11.5 Å². The Morgan fingerprint density at radius 2 is 2.47 bits per heavy atom. The first-order chi connectivity index (χ1) is 7.20. The second-order valence-electron chi connectivity index (χ2n) is 2.94. The van der Waals surface area contributed by atoms with Crippen LogP contribution in [0.5, 0.6) is 0 Å². The second-order valence-corrected chi connectivity index (χ2v) is 2.94. The van der Waals surface area contributed by atoms with E-state index in [1.165, 1.54) is 6.07 Å². The summed E-state index contributed by atoms with van der Waals surface area (Å²) in [6, 6.07) is 3.10. The first-order valence-corrected chi connectivity index (χ1v) is 4.44. The van der Waals surface area contributed by atoms with Crippen LogP contribution < -0.4 is 0 Å². The fourth-order valence-corrected chi connectivity index (χ4v) is 1.17. The highest BCUT2D eigenvalue weighted by molar-refractivity contribution is 5.86. The van der Waals surface area contributed by atoms with E-state index < -0.39 is 5.97 Å². The summed E-state index contributed by atoms with van der Waals surface area (Å²) in [5, 5.41) is 16.2. The molecule has 0 aliphatic rings. The van der Waals surface area contributed by atoms with Gasteiger partial charge in [-0.1, -0.05) is 5.16 Å². The standard InChI is InChI=1S/C9H9N3O3/c1-2-12-4-3-6(10-12)8-5-7(9(13)14)11-15-8/h3-5H,2H2,1H3,(H,13,14). The first kappa shape index (κ1) is 9.45. The molecule has 0 aliphatic carbocycles. The summed E-state index contributed by atoms with van der Waals surface area (Å²) >= 11 is 0. The maximum Gasteiger partial charge on any atom is 0.358 e. The molecule has 78 valence electrons. The zero-order valence-electron chi connectivity index (χ0n) is 8.04. The molecule has 2 rings (SSSR count). The largest absolute Gasteiger partial charge is 0.476 e. The van der Waals surface area contributed by atoms with Gasteiger partial charge in [0.15, 0.2) is 11.5 Å². The smallest absolute Gasteiger partial charge is 0.358 e. The van der Waals surface area contributed by atoms with Gasteiger partial charge in [-0.2, -0.15) is 5.10 Å². The van der Waals surface area contributed by atoms with E-state index in [0.717, 1.165) is 6.54 Å². The van der Waals surface area contributed by atoms with E-state index in [-0.39, 0.29) is 5.69 Å². The third-order valence-corrected chi connectivity index (χ3v) is 1.95. The topological polar surface area (TPSA) is 81.2 Å². The maximum atomic E-state index is 10.6. The zero-order chi connectivity index (χ0) is 10.8. The molecule has 0 bridgehead atoms. The lowest BCUT2D eigenvalue weighted by atomic mass is 10.3. The van der Waals surface area contributed by atoms with Gasteiger partial charge in [0, 0.05) is 18.8 Å². The number of hydrogen-bond donors (Lipinski definition) is 1. The first-order valence-electron chi connectivity index (χ1n) is 4.44. The lowest BCUT2D eigenvalue weighted by molar-refractivity contribution is 0.0686. The monoisotopic (exact) mass is 207 g/mol. The van der Waals surface area contributed by atoms with Gasteiger partial charge in [-0.05, 0) is 13.0 Å². The third kappa shape index (κ3) is 1.74. The number of hydrogen-bond acceptors (Lipinski definition) is 4. The minimum Gasteiger partial charge on any atom is -0.476 e. The van der Waals surface area contributed by atoms with Gasteiger partial charge >= 0.3 is 5.97 Å². The average molecular weight is 207 g/mol. The van der Waals surface area contributed by atoms with Crippen molar-refractivity contribution < 1.29 is 14.4 Å². The fourth-order valence-electron chi connectivity index (χ4n) is 1.17. The number of aromatic nitrogens is 3. The Kier molecular flexibility index (Phi) is 2.24. The lowest BCUT2D eigenvalue weighted by Crippen LogP contribution is -1.94. The normalized spacial score (nSPS) is 10.5. The van der Waals surface area contributed by atoms with Gasteiger partial charge in [-0.15, -0.1) is 0 Å². The van der Waals surface area contributed by atoms with Crippen molar-refractivity contribution in [1.82, 2.24) is 14.9 Å². The van der Waals surface area contributed by atoms with Crippen molar-refractivity contribution >= 4 is 5.97 Å². The van der Waals surface area contributed by atoms with Crippen molar-refractivity contribution in [2.45, 2.75) is 13.5 Å². The van der Waals surface area contributed by atoms with Crippen LogP contribution >= 0.6 is 0 Å². The number of carbonyl (C=O) groups is 1. The lowest BCUT2D eigenvalue weighted by Gasteiger charge is -1.90. The highest BCUT2D eigenvalue weighted by Crippen LogP contribution is 2.17. The van der Waals surface area contributed by atoms with Gasteiger partial charge in [0.2, 0.25) is 0 Å². The fraction of sp³-hybridized carbons (Fsp3) is 0.222. The van der Waals surface area contributed by atoms with E-state index in [9.17, 15) is 4.79 Å². The summed E-state index contributed by atoms with van der Waals surface area (Å²) in [6.45, 7) is 2.71. The van der Waals surface area contributed by atoms with Crippen molar-refractivity contribution in [3.8, 4) is 11.5 Å². The molecule has 0 amide bonds. The minimum atomic E-state index is -1.11. The predicted octanol–water partition coefficient (Wildman–Crippen LogP) is 1.26. The van der Waals surface area contributed by atoms with Crippen molar-refractivity contribution in [3.63, 3.8) is 0 Å². The molecule has 2 aromatic rings. The van der Waals surface area contributed by atoms with E-state index in [2.05, 4.69) is 10.3 Å². The highest BCUT2D eigenvalue weighted by Gasteiger charge is 2.13. The van der Waals surface area contributed by atoms with Crippen LogP contribution in [0.1, 0.15) is 17.4 Å². The number of nitrogens with zero attached hydrogens (tertiary/aromatic N) is 3. The maximum absolute atomic E-state index is 10.6. The van der Waals surface area contributed by atoms with Crippen LogP contribution in [0.25, 0.3) is 11.5 Å². The molecule has 0 saturated carbocycles. The molecule has 6 nitrogen and oxygen atoms in total. The second kappa shape index (κ2) is 3.56. The number of aromatic carboxylic acids is 1. The molecular formula is C9H9N3O3. The number of aryl methyl sites for hydroxylation is 1. The van der Waals surface area contributed by atoms with Crippen molar-refractivity contribution in [3.05, 3.63) is 24.0 Å². The van der Waals surface area contributed by atoms with Crippen LogP contribution in [-0.4, -0.2) is 26.0 Å². The molecule has 0 saturated heterocycles.